The van der Waals surface area contributed by atoms with Gasteiger partial charge in [0.25, 0.3) is 5.91 Å². The van der Waals surface area contributed by atoms with Crippen molar-refractivity contribution in [3.8, 4) is 0 Å². The van der Waals surface area contributed by atoms with Crippen LogP contribution in [0.4, 0.5) is 0 Å². The minimum atomic E-state index is -0.197. The van der Waals surface area contributed by atoms with Crippen LogP contribution in [-0.4, -0.2) is 71.7 Å². The Kier molecular flexibility index (Phi) is 7.05. The van der Waals surface area contributed by atoms with E-state index in [-0.39, 0.29) is 17.9 Å². The van der Waals surface area contributed by atoms with Gasteiger partial charge in [0.05, 0.1) is 24.1 Å². The Hall–Kier alpha value is -1.60. The number of ether oxygens (including phenoxy) is 1. The van der Waals surface area contributed by atoms with E-state index in [1.54, 1.807) is 18.0 Å². The number of hydrogen-bond acceptors (Lipinski definition) is 6. The molecule has 0 saturated carbocycles. The largest absolute Gasteiger partial charge is 0.469 e. The number of carbonyl (C=O) groups excluding carboxylic acids is 2. The molecule has 1 aliphatic heterocycles. The van der Waals surface area contributed by atoms with Crippen LogP contribution in [0.5, 0.6) is 0 Å². The van der Waals surface area contributed by atoms with Crippen molar-refractivity contribution in [3.05, 3.63) is 23.9 Å². The minimum Gasteiger partial charge on any atom is -0.469 e. The number of methoxy groups -OCH3 is 1. The lowest BCUT2D eigenvalue weighted by atomic mass is 10.1. The van der Waals surface area contributed by atoms with Gasteiger partial charge in [-0.25, -0.2) is 4.98 Å². The molecule has 1 aromatic rings. The quantitative estimate of drug-likeness (QED) is 0.576. The van der Waals surface area contributed by atoms with E-state index in [2.05, 4.69) is 16.8 Å². The number of esters is 1. The van der Waals surface area contributed by atoms with Crippen molar-refractivity contribution >= 4 is 23.6 Å². The molecule has 7 heteroatoms. The third kappa shape index (κ3) is 4.95. The van der Waals surface area contributed by atoms with Gasteiger partial charge in [-0.1, -0.05) is 6.92 Å². The Morgan fingerprint density at radius 1 is 1.29 bits per heavy atom. The number of pyridine rings is 1. The average Bonchev–Trinajstić information content (AvgIpc) is 2.62. The highest BCUT2D eigenvalue weighted by Crippen LogP contribution is 2.16. The zero-order valence-electron chi connectivity index (χ0n) is 14.5. The summed E-state index contributed by atoms with van der Waals surface area (Å²) >= 11 is 1.66. The molecule has 0 unspecified atom stereocenters. The molecular weight excluding hydrogens is 326 g/mol. The van der Waals surface area contributed by atoms with E-state index in [1.165, 1.54) is 7.11 Å². The topological polar surface area (TPSA) is 62.7 Å². The van der Waals surface area contributed by atoms with E-state index >= 15 is 0 Å². The van der Waals surface area contributed by atoms with Crippen molar-refractivity contribution in [1.82, 2.24) is 14.8 Å². The summed E-state index contributed by atoms with van der Waals surface area (Å²) in [5, 5.41) is 0.940. The zero-order chi connectivity index (χ0) is 17.5. The van der Waals surface area contributed by atoms with Crippen LogP contribution in [0.2, 0.25) is 0 Å². The summed E-state index contributed by atoms with van der Waals surface area (Å²) in [5.41, 5.74) is 0.631. The second kappa shape index (κ2) is 9.03. The highest BCUT2D eigenvalue weighted by molar-refractivity contribution is 7.99. The predicted molar refractivity (Wildman–Crippen MR) is 94.2 cm³/mol. The maximum absolute atomic E-state index is 12.6. The molecule has 1 saturated heterocycles. The van der Waals surface area contributed by atoms with E-state index in [9.17, 15) is 9.59 Å². The molecule has 0 N–H and O–H groups in total. The SMILES string of the molecule is CCSc1ccc(C(=O)N2CCN([C@@H](C)CC(=O)OC)CC2)cn1. The molecule has 0 spiro atoms. The number of aromatic nitrogens is 1. The number of nitrogens with zero attached hydrogens (tertiary/aromatic N) is 3. The van der Waals surface area contributed by atoms with E-state index < -0.39 is 0 Å². The number of rotatable bonds is 6. The van der Waals surface area contributed by atoms with E-state index in [4.69, 9.17) is 4.74 Å². The van der Waals surface area contributed by atoms with Crippen molar-refractivity contribution in [2.75, 3.05) is 39.0 Å². The Bertz CT molecular complexity index is 557. The molecule has 0 radical (unpaired) electrons. The molecule has 1 amide bonds. The second-order valence-electron chi connectivity index (χ2n) is 5.78. The van der Waals surface area contributed by atoms with E-state index in [0.29, 0.717) is 25.1 Å². The van der Waals surface area contributed by atoms with Crippen LogP contribution < -0.4 is 0 Å². The van der Waals surface area contributed by atoms with Crippen molar-refractivity contribution in [1.29, 1.82) is 0 Å². The van der Waals surface area contributed by atoms with Crippen LogP contribution in [-0.2, 0) is 9.53 Å². The van der Waals surface area contributed by atoms with Gasteiger partial charge in [-0.2, -0.15) is 0 Å². The molecule has 1 aromatic heterocycles. The maximum Gasteiger partial charge on any atom is 0.307 e. The van der Waals surface area contributed by atoms with Crippen molar-refractivity contribution in [2.24, 2.45) is 0 Å². The van der Waals surface area contributed by atoms with E-state index in [0.717, 1.165) is 23.9 Å². The summed E-state index contributed by atoms with van der Waals surface area (Å²) in [6.45, 7) is 6.95. The van der Waals surface area contributed by atoms with Crippen molar-refractivity contribution < 1.29 is 14.3 Å². The molecule has 24 heavy (non-hydrogen) atoms. The molecule has 0 aromatic carbocycles. The Morgan fingerprint density at radius 2 is 2.00 bits per heavy atom. The highest BCUT2D eigenvalue weighted by Gasteiger charge is 2.26. The molecule has 132 valence electrons. The van der Waals surface area contributed by atoms with E-state index in [1.807, 2.05) is 24.0 Å². The fourth-order valence-electron chi connectivity index (χ4n) is 2.74. The molecule has 0 aliphatic carbocycles. The first-order valence-electron chi connectivity index (χ1n) is 8.24. The summed E-state index contributed by atoms with van der Waals surface area (Å²) in [5.74, 6) is 0.791. The number of piperazine rings is 1. The fraction of sp³-hybridized carbons (Fsp3) is 0.588. The molecule has 2 rings (SSSR count). The van der Waals surface area contributed by atoms with Gasteiger partial charge in [-0.3, -0.25) is 14.5 Å². The lowest BCUT2D eigenvalue weighted by Crippen LogP contribution is -2.51. The molecule has 2 heterocycles. The second-order valence-corrected chi connectivity index (χ2v) is 7.06. The summed E-state index contributed by atoms with van der Waals surface area (Å²) in [4.78, 5) is 32.3. The Labute approximate surface area is 147 Å². The molecular formula is C17H25N3O3S. The van der Waals surface area contributed by atoms with Gasteiger partial charge in [-0.05, 0) is 24.8 Å². The molecule has 0 bridgehead atoms. The summed E-state index contributed by atoms with van der Waals surface area (Å²) in [7, 11) is 1.41. The van der Waals surface area contributed by atoms with Gasteiger partial charge in [0.2, 0.25) is 0 Å². The van der Waals surface area contributed by atoms with Gasteiger partial charge in [-0.15, -0.1) is 11.8 Å². The summed E-state index contributed by atoms with van der Waals surface area (Å²) in [6, 6.07) is 3.87. The molecule has 1 atom stereocenters. The molecule has 1 fully saturated rings. The lowest BCUT2D eigenvalue weighted by Gasteiger charge is -2.37. The minimum absolute atomic E-state index is 0.0239. The summed E-state index contributed by atoms with van der Waals surface area (Å²) in [6.07, 6.45) is 2.04. The number of thioether (sulfide) groups is 1. The standard InChI is InChI=1S/C17H25N3O3S/c1-4-24-15-6-5-14(12-18-15)17(22)20-9-7-19(8-10-20)13(2)11-16(21)23-3/h5-6,12-13H,4,7-11H2,1-3H3/t13-/m0/s1. The average molecular weight is 351 g/mol. The van der Waals surface area contributed by atoms with Crippen LogP contribution >= 0.6 is 11.8 Å². The van der Waals surface area contributed by atoms with Crippen LogP contribution in [0.15, 0.2) is 23.4 Å². The zero-order valence-corrected chi connectivity index (χ0v) is 15.3. The Balaban J connectivity index is 1.87. The van der Waals surface area contributed by atoms with Crippen LogP contribution in [0, 0.1) is 0 Å². The highest BCUT2D eigenvalue weighted by atomic mass is 32.2. The monoisotopic (exact) mass is 351 g/mol. The Morgan fingerprint density at radius 3 is 2.54 bits per heavy atom. The third-order valence-electron chi connectivity index (χ3n) is 4.19. The predicted octanol–water partition coefficient (Wildman–Crippen LogP) is 1.90. The van der Waals surface area contributed by atoms with Crippen molar-refractivity contribution in [3.63, 3.8) is 0 Å². The fourth-order valence-corrected chi connectivity index (χ4v) is 3.33. The first kappa shape index (κ1) is 18.7. The molecule has 6 nitrogen and oxygen atoms in total. The smallest absolute Gasteiger partial charge is 0.307 e. The van der Waals surface area contributed by atoms with Crippen LogP contribution in [0.25, 0.3) is 0 Å². The number of carbonyl (C=O) groups is 2. The first-order chi connectivity index (χ1) is 11.5. The number of hydrogen-bond donors (Lipinski definition) is 0. The van der Waals surface area contributed by atoms with Gasteiger partial charge >= 0.3 is 5.97 Å². The van der Waals surface area contributed by atoms with Gasteiger partial charge in [0.1, 0.15) is 0 Å². The van der Waals surface area contributed by atoms with Crippen LogP contribution in [0.3, 0.4) is 0 Å². The summed E-state index contributed by atoms with van der Waals surface area (Å²) < 4.78 is 4.72. The van der Waals surface area contributed by atoms with Gasteiger partial charge in [0, 0.05) is 38.4 Å². The maximum atomic E-state index is 12.6. The normalized spacial score (nSPS) is 16.7. The van der Waals surface area contributed by atoms with Gasteiger partial charge in [0.15, 0.2) is 0 Å². The van der Waals surface area contributed by atoms with Gasteiger partial charge < -0.3 is 9.64 Å². The van der Waals surface area contributed by atoms with Crippen LogP contribution in [0.1, 0.15) is 30.6 Å². The first-order valence-corrected chi connectivity index (χ1v) is 9.22. The third-order valence-corrected chi connectivity index (χ3v) is 5.02. The molecule has 1 aliphatic rings. The lowest BCUT2D eigenvalue weighted by molar-refractivity contribution is -0.142. The number of amides is 1. The van der Waals surface area contributed by atoms with Crippen molar-refractivity contribution in [2.45, 2.75) is 31.3 Å².